The maximum absolute atomic E-state index is 12.2. The van der Waals surface area contributed by atoms with Crippen LogP contribution < -0.4 is 5.32 Å². The van der Waals surface area contributed by atoms with Crippen molar-refractivity contribution in [3.8, 4) is 0 Å². The number of carbonyl (C=O) groups excluding carboxylic acids is 2. The Labute approximate surface area is 90.0 Å². The zero-order valence-corrected chi connectivity index (χ0v) is 9.76. The molecule has 3 amide bonds. The van der Waals surface area contributed by atoms with Gasteiger partial charge in [0.2, 0.25) is 5.91 Å². The van der Waals surface area contributed by atoms with Crippen LogP contribution in [0, 0.1) is 5.41 Å². The van der Waals surface area contributed by atoms with Crippen LogP contribution in [0.25, 0.3) is 0 Å². The first-order chi connectivity index (χ1) is 6.77. The zero-order valence-electron chi connectivity index (χ0n) is 9.76. The van der Waals surface area contributed by atoms with E-state index in [1.807, 2.05) is 27.7 Å². The Kier molecular flexibility index (Phi) is 1.91. The molecular formula is C11H18N2O2. The van der Waals surface area contributed by atoms with E-state index >= 15 is 0 Å². The highest BCUT2D eigenvalue weighted by molar-refractivity contribution is 6.01. The Balaban J connectivity index is 2.34. The molecular weight excluding hydrogens is 192 g/mol. The van der Waals surface area contributed by atoms with Crippen LogP contribution in [-0.4, -0.2) is 28.4 Å². The maximum Gasteiger partial charge on any atom is 0.324 e. The van der Waals surface area contributed by atoms with Gasteiger partial charge in [-0.15, -0.1) is 0 Å². The molecule has 0 radical (unpaired) electrons. The van der Waals surface area contributed by atoms with Gasteiger partial charge in [0.1, 0.15) is 0 Å². The average Bonchev–Trinajstić information content (AvgIpc) is 2.84. The second kappa shape index (κ2) is 2.74. The summed E-state index contributed by atoms with van der Waals surface area (Å²) in [6.07, 6.45) is 1.91. The van der Waals surface area contributed by atoms with Gasteiger partial charge in [0.05, 0.1) is 11.0 Å². The van der Waals surface area contributed by atoms with E-state index in [9.17, 15) is 9.59 Å². The van der Waals surface area contributed by atoms with Gasteiger partial charge in [-0.1, -0.05) is 0 Å². The molecule has 0 aromatic carbocycles. The highest BCUT2D eigenvalue weighted by Crippen LogP contribution is 2.40. The molecule has 1 aliphatic carbocycles. The Morgan fingerprint density at radius 2 is 1.73 bits per heavy atom. The number of imide groups is 1. The summed E-state index contributed by atoms with van der Waals surface area (Å²) in [4.78, 5) is 25.4. The van der Waals surface area contributed by atoms with Crippen LogP contribution >= 0.6 is 0 Å². The van der Waals surface area contributed by atoms with Gasteiger partial charge in [0.25, 0.3) is 0 Å². The first kappa shape index (κ1) is 10.5. The first-order valence-corrected chi connectivity index (χ1v) is 5.43. The molecule has 4 heteroatoms. The van der Waals surface area contributed by atoms with Crippen molar-refractivity contribution in [3.05, 3.63) is 0 Å². The molecule has 4 nitrogen and oxygen atoms in total. The zero-order chi connectivity index (χ0) is 11.4. The highest BCUT2D eigenvalue weighted by atomic mass is 16.2. The van der Waals surface area contributed by atoms with Crippen LogP contribution in [0.5, 0.6) is 0 Å². The van der Waals surface area contributed by atoms with Crippen LogP contribution in [0.1, 0.15) is 40.5 Å². The number of nitrogens with zero attached hydrogens (tertiary/aromatic N) is 1. The summed E-state index contributed by atoms with van der Waals surface area (Å²) in [5.41, 5.74) is -1.02. The van der Waals surface area contributed by atoms with Crippen molar-refractivity contribution in [1.29, 1.82) is 0 Å². The van der Waals surface area contributed by atoms with Gasteiger partial charge in [-0.3, -0.25) is 9.69 Å². The summed E-state index contributed by atoms with van der Waals surface area (Å²) < 4.78 is 0. The predicted octanol–water partition coefficient (Wildman–Crippen LogP) is 1.51. The Morgan fingerprint density at radius 1 is 1.20 bits per heavy atom. The van der Waals surface area contributed by atoms with Crippen molar-refractivity contribution in [2.75, 3.05) is 0 Å². The van der Waals surface area contributed by atoms with Gasteiger partial charge in [0.15, 0.2) is 0 Å². The largest absolute Gasteiger partial charge is 0.332 e. The van der Waals surface area contributed by atoms with E-state index in [1.54, 1.807) is 0 Å². The molecule has 2 rings (SSSR count). The van der Waals surface area contributed by atoms with Gasteiger partial charge >= 0.3 is 6.03 Å². The summed E-state index contributed by atoms with van der Waals surface area (Å²) in [7, 11) is 0. The van der Waals surface area contributed by atoms with Gasteiger partial charge in [-0.25, -0.2) is 4.79 Å². The smallest absolute Gasteiger partial charge is 0.324 e. The van der Waals surface area contributed by atoms with Gasteiger partial charge in [-0.2, -0.15) is 0 Å². The van der Waals surface area contributed by atoms with Crippen molar-refractivity contribution >= 4 is 11.9 Å². The van der Waals surface area contributed by atoms with E-state index in [1.165, 1.54) is 4.90 Å². The molecule has 1 N–H and O–H groups in total. The third kappa shape index (κ3) is 1.34. The SMILES string of the molecule is CC1(C)NC(=O)N(C2CC2)C(=O)C1(C)C. The van der Waals surface area contributed by atoms with E-state index in [0.29, 0.717) is 0 Å². The lowest BCUT2D eigenvalue weighted by atomic mass is 9.72. The molecule has 1 saturated heterocycles. The summed E-state index contributed by atoms with van der Waals surface area (Å²) in [5, 5.41) is 2.91. The summed E-state index contributed by atoms with van der Waals surface area (Å²) in [6, 6.07) is -0.0836. The summed E-state index contributed by atoms with van der Waals surface area (Å²) in [5.74, 6) is -0.0428. The van der Waals surface area contributed by atoms with Gasteiger partial charge in [-0.05, 0) is 40.5 Å². The highest BCUT2D eigenvalue weighted by Gasteiger charge is 2.55. The van der Waals surface area contributed by atoms with Crippen molar-refractivity contribution in [3.63, 3.8) is 0 Å². The van der Waals surface area contributed by atoms with Crippen LogP contribution in [0.2, 0.25) is 0 Å². The number of urea groups is 1. The Morgan fingerprint density at radius 3 is 2.20 bits per heavy atom. The van der Waals surface area contributed by atoms with Crippen LogP contribution in [-0.2, 0) is 4.79 Å². The van der Waals surface area contributed by atoms with Crippen LogP contribution in [0.15, 0.2) is 0 Å². The number of carbonyl (C=O) groups is 2. The molecule has 2 aliphatic rings. The molecule has 1 saturated carbocycles. The molecule has 0 unspecified atom stereocenters. The predicted molar refractivity (Wildman–Crippen MR) is 56.3 cm³/mol. The monoisotopic (exact) mass is 210 g/mol. The molecule has 1 aliphatic heterocycles. The number of amides is 3. The number of nitrogens with one attached hydrogen (secondary N) is 1. The van der Waals surface area contributed by atoms with Crippen molar-refractivity contribution < 1.29 is 9.59 Å². The second-order valence-corrected chi connectivity index (χ2v) is 5.59. The molecule has 1 heterocycles. The topological polar surface area (TPSA) is 49.4 Å². The lowest BCUT2D eigenvalue weighted by Gasteiger charge is -2.48. The second-order valence-electron chi connectivity index (χ2n) is 5.59. The number of hydrogen-bond acceptors (Lipinski definition) is 2. The quantitative estimate of drug-likeness (QED) is 0.713. The van der Waals surface area contributed by atoms with E-state index in [-0.39, 0.29) is 18.0 Å². The molecule has 0 bridgehead atoms. The fourth-order valence-electron chi connectivity index (χ4n) is 1.81. The van der Waals surface area contributed by atoms with E-state index in [0.717, 1.165) is 12.8 Å². The Bertz CT molecular complexity index is 329. The lowest BCUT2D eigenvalue weighted by molar-refractivity contribution is -0.144. The third-order valence-electron chi connectivity index (χ3n) is 3.87. The maximum atomic E-state index is 12.2. The summed E-state index contributed by atoms with van der Waals surface area (Å²) >= 11 is 0. The molecule has 0 aromatic rings. The lowest BCUT2D eigenvalue weighted by Crippen LogP contribution is -2.69. The van der Waals surface area contributed by atoms with Crippen LogP contribution in [0.3, 0.4) is 0 Å². The molecule has 84 valence electrons. The first-order valence-electron chi connectivity index (χ1n) is 5.43. The minimum atomic E-state index is -0.538. The van der Waals surface area contributed by atoms with Crippen molar-refractivity contribution in [1.82, 2.24) is 10.2 Å². The Hall–Kier alpha value is -1.06. The van der Waals surface area contributed by atoms with Crippen molar-refractivity contribution in [2.24, 2.45) is 5.41 Å². The number of rotatable bonds is 1. The normalized spacial score (nSPS) is 28.9. The minimum Gasteiger partial charge on any atom is -0.332 e. The molecule has 0 aromatic heterocycles. The van der Waals surface area contributed by atoms with E-state index in [4.69, 9.17) is 0 Å². The van der Waals surface area contributed by atoms with Crippen molar-refractivity contribution in [2.45, 2.75) is 52.1 Å². The molecule has 0 spiro atoms. The van der Waals surface area contributed by atoms with Gasteiger partial charge < -0.3 is 5.32 Å². The van der Waals surface area contributed by atoms with Crippen LogP contribution in [0.4, 0.5) is 4.79 Å². The average molecular weight is 210 g/mol. The van der Waals surface area contributed by atoms with Gasteiger partial charge in [0, 0.05) is 6.04 Å². The minimum absolute atomic E-state index is 0.0428. The third-order valence-corrected chi connectivity index (χ3v) is 3.87. The molecule has 2 fully saturated rings. The summed E-state index contributed by atoms with van der Waals surface area (Å²) in [6.45, 7) is 7.58. The number of hydrogen-bond donors (Lipinski definition) is 1. The molecule has 15 heavy (non-hydrogen) atoms. The fourth-order valence-corrected chi connectivity index (χ4v) is 1.81. The molecule has 0 atom stereocenters. The van der Waals surface area contributed by atoms with E-state index < -0.39 is 11.0 Å². The standard InChI is InChI=1S/C11H18N2O2/c1-10(2)8(14)13(7-5-6-7)9(15)12-11(10,3)4/h7H,5-6H2,1-4H3,(H,12,15). The fraction of sp³-hybridized carbons (Fsp3) is 0.818. The van der Waals surface area contributed by atoms with E-state index in [2.05, 4.69) is 5.32 Å².